The number of esters is 1. The Morgan fingerprint density at radius 2 is 2.00 bits per heavy atom. The lowest BCUT2D eigenvalue weighted by Gasteiger charge is -2.31. The number of nitrogens with one attached hydrogen (secondary N) is 1. The predicted molar refractivity (Wildman–Crippen MR) is 91.6 cm³/mol. The molecule has 2 saturated heterocycles. The highest BCUT2D eigenvalue weighted by Gasteiger charge is 2.38. The second-order valence-electron chi connectivity index (χ2n) is 6.04. The van der Waals surface area contributed by atoms with Crippen LogP contribution in [0.2, 0.25) is 0 Å². The van der Waals surface area contributed by atoms with Gasteiger partial charge in [-0.25, -0.2) is 9.18 Å². The molecule has 1 N–H and O–H groups in total. The zero-order valence-electron chi connectivity index (χ0n) is 14.0. The number of halogens is 2. The average Bonchev–Trinajstić information content (AvgIpc) is 2.97. The second kappa shape index (κ2) is 8.49. The van der Waals surface area contributed by atoms with Gasteiger partial charge in [0.15, 0.2) is 17.7 Å². The van der Waals surface area contributed by atoms with Crippen LogP contribution in [0.5, 0.6) is 5.75 Å². The van der Waals surface area contributed by atoms with E-state index in [9.17, 15) is 14.0 Å². The van der Waals surface area contributed by atoms with E-state index in [4.69, 9.17) is 4.74 Å². The lowest BCUT2D eigenvalue weighted by Crippen LogP contribution is -2.45. The third-order valence-corrected chi connectivity index (χ3v) is 4.56. The molecular weight excluding hydrogens is 351 g/mol. The van der Waals surface area contributed by atoms with Crippen LogP contribution in [0.15, 0.2) is 18.2 Å². The van der Waals surface area contributed by atoms with Crippen molar-refractivity contribution in [2.75, 3.05) is 26.7 Å². The SMILES string of the molecule is COC(=O)c1ccc(O[C@H]2CCN(C3CCNCC3)C2=O)c(F)c1.Cl. The van der Waals surface area contributed by atoms with Crippen LogP contribution in [0, 0.1) is 5.82 Å². The number of amides is 1. The number of ether oxygens (including phenoxy) is 2. The number of hydrogen-bond donors (Lipinski definition) is 1. The number of piperidine rings is 1. The molecule has 0 aliphatic carbocycles. The Kier molecular flexibility index (Phi) is 6.61. The number of rotatable bonds is 4. The summed E-state index contributed by atoms with van der Waals surface area (Å²) in [4.78, 5) is 25.8. The normalized spacial score (nSPS) is 21.0. The molecule has 25 heavy (non-hydrogen) atoms. The van der Waals surface area contributed by atoms with Crippen LogP contribution >= 0.6 is 12.4 Å². The number of likely N-dealkylation sites (tertiary alicyclic amines) is 1. The number of carbonyl (C=O) groups excluding carboxylic acids is 2. The highest BCUT2D eigenvalue weighted by Crippen LogP contribution is 2.26. The van der Waals surface area contributed by atoms with Crippen molar-refractivity contribution >= 4 is 24.3 Å². The minimum atomic E-state index is -0.675. The van der Waals surface area contributed by atoms with Gasteiger partial charge in [-0.1, -0.05) is 0 Å². The topological polar surface area (TPSA) is 67.9 Å². The van der Waals surface area contributed by atoms with Gasteiger partial charge < -0.3 is 19.7 Å². The van der Waals surface area contributed by atoms with Crippen molar-refractivity contribution in [2.24, 2.45) is 0 Å². The summed E-state index contributed by atoms with van der Waals surface area (Å²) in [6.07, 6.45) is 1.74. The molecule has 2 heterocycles. The molecule has 1 aromatic rings. The Balaban J connectivity index is 0.00000225. The lowest BCUT2D eigenvalue weighted by molar-refractivity contribution is -0.135. The molecule has 1 atom stereocenters. The Morgan fingerprint density at radius 3 is 2.64 bits per heavy atom. The van der Waals surface area contributed by atoms with Gasteiger partial charge in [-0.05, 0) is 44.1 Å². The molecule has 1 amide bonds. The summed E-state index contributed by atoms with van der Waals surface area (Å²) >= 11 is 0. The first kappa shape index (κ1) is 19.5. The van der Waals surface area contributed by atoms with Crippen LogP contribution in [0.4, 0.5) is 4.39 Å². The Labute approximate surface area is 152 Å². The summed E-state index contributed by atoms with van der Waals surface area (Å²) in [5.41, 5.74) is 0.108. The summed E-state index contributed by atoms with van der Waals surface area (Å²) in [7, 11) is 1.23. The number of carbonyl (C=O) groups is 2. The van der Waals surface area contributed by atoms with Gasteiger partial charge in [-0.3, -0.25) is 4.79 Å². The molecule has 8 heteroatoms. The van der Waals surface area contributed by atoms with E-state index in [-0.39, 0.29) is 35.7 Å². The predicted octanol–water partition coefficient (Wildman–Crippen LogP) is 1.77. The van der Waals surface area contributed by atoms with Crippen molar-refractivity contribution in [3.8, 4) is 5.75 Å². The fourth-order valence-corrected chi connectivity index (χ4v) is 3.26. The highest BCUT2D eigenvalue weighted by molar-refractivity contribution is 5.89. The Hall–Kier alpha value is -1.86. The zero-order chi connectivity index (χ0) is 17.1. The maximum Gasteiger partial charge on any atom is 0.337 e. The fourth-order valence-electron chi connectivity index (χ4n) is 3.26. The first-order valence-corrected chi connectivity index (χ1v) is 8.16. The molecule has 0 unspecified atom stereocenters. The molecule has 1 aromatic carbocycles. The highest BCUT2D eigenvalue weighted by atomic mass is 35.5. The molecule has 0 saturated carbocycles. The Bertz CT molecular complexity index is 637. The largest absolute Gasteiger partial charge is 0.477 e. The number of methoxy groups -OCH3 is 1. The molecule has 138 valence electrons. The Morgan fingerprint density at radius 1 is 1.28 bits per heavy atom. The van der Waals surface area contributed by atoms with Crippen LogP contribution < -0.4 is 10.1 Å². The minimum Gasteiger partial charge on any atom is -0.477 e. The summed E-state index contributed by atoms with van der Waals surface area (Å²) in [6.45, 7) is 2.45. The smallest absolute Gasteiger partial charge is 0.337 e. The van der Waals surface area contributed by atoms with Crippen molar-refractivity contribution in [1.29, 1.82) is 0 Å². The van der Waals surface area contributed by atoms with Crippen LogP contribution in [0.1, 0.15) is 29.6 Å². The molecular formula is C17H22ClFN2O4. The van der Waals surface area contributed by atoms with Crippen molar-refractivity contribution in [1.82, 2.24) is 10.2 Å². The van der Waals surface area contributed by atoms with E-state index in [0.717, 1.165) is 32.0 Å². The van der Waals surface area contributed by atoms with E-state index in [1.54, 1.807) is 0 Å². The molecule has 0 bridgehead atoms. The van der Waals surface area contributed by atoms with Gasteiger partial charge in [-0.15, -0.1) is 12.4 Å². The monoisotopic (exact) mass is 372 g/mol. The van der Waals surface area contributed by atoms with E-state index in [1.165, 1.54) is 19.2 Å². The van der Waals surface area contributed by atoms with Gasteiger partial charge in [0, 0.05) is 19.0 Å². The summed E-state index contributed by atoms with van der Waals surface area (Å²) in [5.74, 6) is -1.40. The maximum atomic E-state index is 14.1. The van der Waals surface area contributed by atoms with Gasteiger partial charge in [0.25, 0.3) is 5.91 Å². The quantitative estimate of drug-likeness (QED) is 0.816. The average molecular weight is 373 g/mol. The van der Waals surface area contributed by atoms with Gasteiger partial charge in [-0.2, -0.15) is 0 Å². The molecule has 0 spiro atoms. The third kappa shape index (κ3) is 4.22. The van der Waals surface area contributed by atoms with Crippen molar-refractivity contribution in [2.45, 2.75) is 31.4 Å². The molecule has 0 radical (unpaired) electrons. The van der Waals surface area contributed by atoms with E-state index < -0.39 is 17.9 Å². The summed E-state index contributed by atoms with van der Waals surface area (Å²) in [5, 5.41) is 3.27. The summed E-state index contributed by atoms with van der Waals surface area (Å²) in [6, 6.07) is 4.08. The molecule has 2 aliphatic heterocycles. The number of hydrogen-bond acceptors (Lipinski definition) is 5. The maximum absolute atomic E-state index is 14.1. The van der Waals surface area contributed by atoms with Crippen LogP contribution in [-0.2, 0) is 9.53 Å². The van der Waals surface area contributed by atoms with E-state index in [1.807, 2.05) is 4.90 Å². The van der Waals surface area contributed by atoms with Gasteiger partial charge in [0.1, 0.15) is 0 Å². The molecule has 2 aliphatic rings. The van der Waals surface area contributed by atoms with Crippen LogP contribution in [0.3, 0.4) is 0 Å². The van der Waals surface area contributed by atoms with Crippen molar-refractivity contribution in [3.05, 3.63) is 29.6 Å². The van der Waals surface area contributed by atoms with Gasteiger partial charge in [0.05, 0.1) is 12.7 Å². The minimum absolute atomic E-state index is 0. The van der Waals surface area contributed by atoms with Gasteiger partial charge in [0.2, 0.25) is 0 Å². The van der Waals surface area contributed by atoms with E-state index in [2.05, 4.69) is 10.1 Å². The number of nitrogens with zero attached hydrogens (tertiary/aromatic N) is 1. The van der Waals surface area contributed by atoms with Crippen molar-refractivity contribution < 1.29 is 23.5 Å². The fraction of sp³-hybridized carbons (Fsp3) is 0.529. The molecule has 0 aromatic heterocycles. The molecule has 6 nitrogen and oxygen atoms in total. The first-order chi connectivity index (χ1) is 11.6. The van der Waals surface area contributed by atoms with Crippen LogP contribution in [-0.4, -0.2) is 55.7 Å². The zero-order valence-corrected chi connectivity index (χ0v) is 14.8. The second-order valence-corrected chi connectivity index (χ2v) is 6.04. The standard InChI is InChI=1S/C17H21FN2O4.ClH/c1-23-17(22)11-2-3-14(13(18)10-11)24-15-6-9-20(16(15)21)12-4-7-19-8-5-12;/h2-3,10,12,15,19H,4-9H2,1H3;1H/t15-;/m0./s1. The van der Waals surface area contributed by atoms with Crippen LogP contribution in [0.25, 0.3) is 0 Å². The lowest BCUT2D eigenvalue weighted by atomic mass is 10.1. The molecule has 3 rings (SSSR count). The van der Waals surface area contributed by atoms with E-state index in [0.29, 0.717) is 13.0 Å². The third-order valence-electron chi connectivity index (χ3n) is 4.56. The summed E-state index contributed by atoms with van der Waals surface area (Å²) < 4.78 is 24.2. The molecule has 2 fully saturated rings. The number of benzene rings is 1. The first-order valence-electron chi connectivity index (χ1n) is 8.16. The van der Waals surface area contributed by atoms with Crippen molar-refractivity contribution in [3.63, 3.8) is 0 Å². The van der Waals surface area contributed by atoms with E-state index >= 15 is 0 Å². The van der Waals surface area contributed by atoms with Gasteiger partial charge >= 0.3 is 5.97 Å².